The van der Waals surface area contributed by atoms with E-state index in [0.29, 0.717) is 6.54 Å². The van der Waals surface area contributed by atoms with Crippen molar-refractivity contribution in [3.63, 3.8) is 0 Å². The number of pyridine rings is 1. The highest BCUT2D eigenvalue weighted by Gasteiger charge is 2.21. The van der Waals surface area contributed by atoms with Gasteiger partial charge in [0.25, 0.3) is 5.56 Å². The summed E-state index contributed by atoms with van der Waals surface area (Å²) in [6, 6.07) is 5.78. The number of hydrogen-bond donors (Lipinski definition) is 0. The fourth-order valence-corrected chi connectivity index (χ4v) is 5.30. The Morgan fingerprint density at radius 1 is 1.20 bits per heavy atom. The van der Waals surface area contributed by atoms with E-state index in [1.165, 1.54) is 10.4 Å². The second kappa shape index (κ2) is 5.86. The van der Waals surface area contributed by atoms with E-state index in [-0.39, 0.29) is 5.56 Å². The lowest BCUT2D eigenvalue weighted by atomic mass is 10.2. The largest absolute Gasteiger partial charge is 0.293 e. The van der Waals surface area contributed by atoms with E-state index in [1.54, 1.807) is 39.8 Å². The summed E-state index contributed by atoms with van der Waals surface area (Å²) in [5.41, 5.74) is 2.99. The average Bonchev–Trinajstić information content (AvgIpc) is 3.34. The summed E-state index contributed by atoms with van der Waals surface area (Å²) in [6.07, 6.45) is 6.63. The van der Waals surface area contributed by atoms with E-state index < -0.39 is 0 Å². The highest BCUT2D eigenvalue weighted by molar-refractivity contribution is 7.18. The first kappa shape index (κ1) is 14.9. The molecule has 0 atom stereocenters. The molecule has 0 N–H and O–H groups in total. The zero-order valence-corrected chi connectivity index (χ0v) is 14.9. The first-order valence-corrected chi connectivity index (χ1v) is 9.85. The van der Waals surface area contributed by atoms with E-state index >= 15 is 0 Å². The molecule has 0 radical (unpaired) electrons. The van der Waals surface area contributed by atoms with Gasteiger partial charge in [-0.15, -0.1) is 22.7 Å². The maximum Gasteiger partial charge on any atom is 0.262 e. The van der Waals surface area contributed by atoms with Gasteiger partial charge in [0.15, 0.2) is 0 Å². The number of hydrogen-bond acceptors (Lipinski definition) is 6. The summed E-state index contributed by atoms with van der Waals surface area (Å²) < 4.78 is 1.67. The second-order valence-corrected chi connectivity index (χ2v) is 8.02. The van der Waals surface area contributed by atoms with Gasteiger partial charge in [0.05, 0.1) is 29.6 Å². The second-order valence-electron chi connectivity index (χ2n) is 6.07. The number of fused-ring (bicyclic) bond motifs is 3. The van der Waals surface area contributed by atoms with Crippen LogP contribution in [0, 0.1) is 0 Å². The highest BCUT2D eigenvalue weighted by Crippen LogP contribution is 2.34. The lowest BCUT2D eigenvalue weighted by molar-refractivity contribution is 0.734. The van der Waals surface area contributed by atoms with Crippen LogP contribution in [0.25, 0.3) is 20.9 Å². The Balaban J connectivity index is 1.52. The number of thiazole rings is 1. The molecule has 0 unspecified atom stereocenters. The molecule has 5 nitrogen and oxygen atoms in total. The predicted octanol–water partition coefficient (Wildman–Crippen LogP) is 3.51. The Kier molecular flexibility index (Phi) is 3.50. The van der Waals surface area contributed by atoms with Gasteiger partial charge in [-0.05, 0) is 37.0 Å². The van der Waals surface area contributed by atoms with Crippen molar-refractivity contribution in [2.24, 2.45) is 0 Å². The third-order valence-corrected chi connectivity index (χ3v) is 6.57. The Morgan fingerprint density at radius 2 is 2.16 bits per heavy atom. The van der Waals surface area contributed by atoms with Gasteiger partial charge in [-0.25, -0.2) is 9.97 Å². The minimum atomic E-state index is 0.0526. The van der Waals surface area contributed by atoms with Crippen LogP contribution in [-0.2, 0) is 19.4 Å². The third-order valence-electron chi connectivity index (χ3n) is 4.46. The molecule has 4 heterocycles. The molecule has 0 amide bonds. The van der Waals surface area contributed by atoms with Gasteiger partial charge in [-0.1, -0.05) is 6.07 Å². The minimum absolute atomic E-state index is 0.0526. The number of aromatic nitrogens is 4. The zero-order valence-electron chi connectivity index (χ0n) is 13.3. The Hall–Kier alpha value is -2.38. The van der Waals surface area contributed by atoms with E-state index in [2.05, 4.69) is 15.0 Å². The van der Waals surface area contributed by atoms with Crippen LogP contribution in [0.4, 0.5) is 0 Å². The number of aryl methyl sites for hydroxylation is 2. The summed E-state index contributed by atoms with van der Waals surface area (Å²) in [4.78, 5) is 28.6. The molecular formula is C18H14N4OS2. The molecule has 0 saturated carbocycles. The summed E-state index contributed by atoms with van der Waals surface area (Å²) in [5.74, 6) is 0. The summed E-state index contributed by atoms with van der Waals surface area (Å²) in [5, 5.41) is 3.67. The average molecular weight is 366 g/mol. The monoisotopic (exact) mass is 366 g/mol. The van der Waals surface area contributed by atoms with Gasteiger partial charge in [-0.2, -0.15) is 0 Å². The number of thiophene rings is 1. The van der Waals surface area contributed by atoms with Crippen LogP contribution in [0.3, 0.4) is 0 Å². The molecule has 0 spiro atoms. The molecule has 5 rings (SSSR count). The molecule has 0 saturated heterocycles. The lowest BCUT2D eigenvalue weighted by Gasteiger charge is -2.03. The Morgan fingerprint density at radius 3 is 3.04 bits per heavy atom. The number of rotatable bonds is 3. The van der Waals surface area contributed by atoms with Crippen LogP contribution in [0.15, 0.2) is 40.9 Å². The maximum atomic E-state index is 12.9. The first-order chi connectivity index (χ1) is 12.3. The lowest BCUT2D eigenvalue weighted by Crippen LogP contribution is -2.21. The molecule has 25 heavy (non-hydrogen) atoms. The topological polar surface area (TPSA) is 60.7 Å². The van der Waals surface area contributed by atoms with Crippen LogP contribution in [0.5, 0.6) is 0 Å². The van der Waals surface area contributed by atoms with Gasteiger partial charge in [0.1, 0.15) is 9.84 Å². The first-order valence-electron chi connectivity index (χ1n) is 8.15. The molecule has 7 heteroatoms. The fraction of sp³-hybridized carbons (Fsp3) is 0.222. The van der Waals surface area contributed by atoms with Crippen molar-refractivity contribution in [1.82, 2.24) is 19.5 Å². The molecule has 0 aliphatic heterocycles. The molecule has 124 valence electrons. The van der Waals surface area contributed by atoms with Gasteiger partial charge < -0.3 is 0 Å². The Bertz CT molecular complexity index is 1130. The Labute approximate surface area is 151 Å². The van der Waals surface area contributed by atoms with E-state index in [9.17, 15) is 4.79 Å². The molecule has 0 bridgehead atoms. The quantitative estimate of drug-likeness (QED) is 0.557. The van der Waals surface area contributed by atoms with Crippen molar-refractivity contribution >= 4 is 32.9 Å². The fourth-order valence-electron chi connectivity index (χ4n) is 3.29. The zero-order chi connectivity index (χ0) is 16.8. The predicted molar refractivity (Wildman–Crippen MR) is 100 cm³/mol. The molecule has 0 fully saturated rings. The molecule has 1 aliphatic rings. The van der Waals surface area contributed by atoms with Crippen molar-refractivity contribution < 1.29 is 0 Å². The van der Waals surface area contributed by atoms with Gasteiger partial charge in [0.2, 0.25) is 0 Å². The van der Waals surface area contributed by atoms with Gasteiger partial charge >= 0.3 is 0 Å². The molecule has 4 aromatic rings. The minimum Gasteiger partial charge on any atom is -0.293 e. The van der Waals surface area contributed by atoms with E-state index in [4.69, 9.17) is 0 Å². The molecule has 1 aliphatic carbocycles. The van der Waals surface area contributed by atoms with Crippen LogP contribution >= 0.6 is 22.7 Å². The van der Waals surface area contributed by atoms with Crippen molar-refractivity contribution in [3.05, 3.63) is 62.6 Å². The summed E-state index contributed by atoms with van der Waals surface area (Å²) in [6.45, 7) is 0.440. The molecule has 4 aromatic heterocycles. The molecule has 0 aromatic carbocycles. The van der Waals surface area contributed by atoms with E-state index in [1.807, 2.05) is 23.6 Å². The maximum absolute atomic E-state index is 12.9. The van der Waals surface area contributed by atoms with Crippen LogP contribution in [-0.4, -0.2) is 19.5 Å². The standard InChI is InChI=1S/C18H14N4OS2/c23-18-15-12-4-3-6-14(12)25-17(15)20-10-22(18)8-11-9-24-16(21-11)13-5-1-2-7-19-13/h1-2,5,7,9-10H,3-4,6,8H2. The van der Waals surface area contributed by atoms with Crippen LogP contribution in [0.1, 0.15) is 22.6 Å². The normalized spacial score (nSPS) is 13.4. The van der Waals surface area contributed by atoms with Gasteiger partial charge in [0, 0.05) is 16.5 Å². The SMILES string of the molecule is O=c1c2c3c(sc2ncn1Cc1csc(-c2ccccn2)n1)CCC3. The summed E-state index contributed by atoms with van der Waals surface area (Å²) >= 11 is 3.22. The van der Waals surface area contributed by atoms with Crippen molar-refractivity contribution in [2.75, 3.05) is 0 Å². The highest BCUT2D eigenvalue weighted by atomic mass is 32.1. The number of nitrogens with zero attached hydrogens (tertiary/aromatic N) is 4. The smallest absolute Gasteiger partial charge is 0.262 e. The van der Waals surface area contributed by atoms with Crippen molar-refractivity contribution in [3.8, 4) is 10.7 Å². The van der Waals surface area contributed by atoms with Crippen molar-refractivity contribution in [1.29, 1.82) is 0 Å². The van der Waals surface area contributed by atoms with Crippen LogP contribution in [0.2, 0.25) is 0 Å². The van der Waals surface area contributed by atoms with E-state index in [0.717, 1.165) is 45.9 Å². The van der Waals surface area contributed by atoms with Gasteiger partial charge in [-0.3, -0.25) is 14.3 Å². The van der Waals surface area contributed by atoms with Crippen LogP contribution < -0.4 is 5.56 Å². The summed E-state index contributed by atoms with van der Waals surface area (Å²) in [7, 11) is 0. The van der Waals surface area contributed by atoms with Crippen molar-refractivity contribution in [2.45, 2.75) is 25.8 Å². The molecular weight excluding hydrogens is 352 g/mol. The third kappa shape index (κ3) is 2.51.